The molecular formula is C30H31FN6O4. The molecule has 2 heterocycles. The Bertz CT molecular complexity index is 1440. The molecular weight excluding hydrogens is 527 g/mol. The van der Waals surface area contributed by atoms with E-state index in [9.17, 15) is 14.0 Å². The Balaban J connectivity index is 1.27. The molecule has 0 atom stereocenters. The Kier molecular flexibility index (Phi) is 9.19. The largest absolute Gasteiger partial charge is 0.492 e. The predicted molar refractivity (Wildman–Crippen MR) is 153 cm³/mol. The number of benzene rings is 3. The van der Waals surface area contributed by atoms with Gasteiger partial charge in [0.25, 0.3) is 5.91 Å². The van der Waals surface area contributed by atoms with Crippen molar-refractivity contribution in [3.8, 4) is 16.9 Å². The molecule has 0 unspecified atom stereocenters. The number of aromatic amines is 1. The average Bonchev–Trinajstić information content (AvgIpc) is 3.51. The lowest BCUT2D eigenvalue weighted by atomic mass is 10.00. The number of ether oxygens (including phenoxy) is 2. The van der Waals surface area contributed by atoms with E-state index < -0.39 is 6.03 Å². The van der Waals surface area contributed by atoms with Crippen molar-refractivity contribution in [2.45, 2.75) is 6.54 Å². The van der Waals surface area contributed by atoms with Crippen LogP contribution in [-0.2, 0) is 11.3 Å². The van der Waals surface area contributed by atoms with Crippen LogP contribution < -0.4 is 20.7 Å². The summed E-state index contributed by atoms with van der Waals surface area (Å²) in [5.74, 6) is 0.526. The second-order valence-corrected chi connectivity index (χ2v) is 9.45. The SMILES string of the molecule is O=C(NCc1ccc(-c2cc(C(=O)Nc3ccn[nH]3)ccc2OCCN2CCOCC2)cc1)Nc1ccc(F)cc1. The fourth-order valence-electron chi connectivity index (χ4n) is 4.35. The summed E-state index contributed by atoms with van der Waals surface area (Å²) in [6.07, 6.45) is 1.56. The van der Waals surface area contributed by atoms with Gasteiger partial charge in [-0.25, -0.2) is 9.18 Å². The van der Waals surface area contributed by atoms with Crippen LogP contribution in [0.1, 0.15) is 15.9 Å². The molecule has 3 aromatic carbocycles. The topological polar surface area (TPSA) is 121 Å². The van der Waals surface area contributed by atoms with Crippen molar-refractivity contribution in [3.05, 3.63) is 95.9 Å². The Labute approximate surface area is 236 Å². The van der Waals surface area contributed by atoms with Gasteiger partial charge in [0.2, 0.25) is 0 Å². The maximum atomic E-state index is 13.1. The first-order valence-corrected chi connectivity index (χ1v) is 13.3. The first-order valence-electron chi connectivity index (χ1n) is 13.3. The number of anilines is 2. The number of nitrogens with zero attached hydrogens (tertiary/aromatic N) is 2. The monoisotopic (exact) mass is 558 g/mol. The number of aromatic nitrogens is 2. The minimum atomic E-state index is -0.396. The van der Waals surface area contributed by atoms with Crippen LogP contribution in [0.4, 0.5) is 20.7 Å². The van der Waals surface area contributed by atoms with E-state index in [4.69, 9.17) is 9.47 Å². The third-order valence-electron chi connectivity index (χ3n) is 6.58. The summed E-state index contributed by atoms with van der Waals surface area (Å²) in [4.78, 5) is 27.4. The van der Waals surface area contributed by atoms with Crippen LogP contribution in [0.2, 0.25) is 0 Å². The van der Waals surface area contributed by atoms with Crippen molar-refractivity contribution in [2.75, 3.05) is 50.1 Å². The molecule has 0 saturated carbocycles. The van der Waals surface area contributed by atoms with Gasteiger partial charge in [0.15, 0.2) is 0 Å². The summed E-state index contributed by atoms with van der Waals surface area (Å²) in [6.45, 7) is 4.76. The van der Waals surface area contributed by atoms with Gasteiger partial charge in [-0.05, 0) is 53.6 Å². The van der Waals surface area contributed by atoms with E-state index in [1.54, 1.807) is 24.4 Å². The molecule has 1 saturated heterocycles. The predicted octanol–water partition coefficient (Wildman–Crippen LogP) is 4.50. The van der Waals surface area contributed by atoms with Crippen molar-refractivity contribution >= 4 is 23.4 Å². The molecule has 5 rings (SSSR count). The molecule has 212 valence electrons. The number of urea groups is 1. The zero-order chi connectivity index (χ0) is 28.4. The number of halogens is 1. The lowest BCUT2D eigenvalue weighted by Gasteiger charge is -2.26. The van der Waals surface area contributed by atoms with Crippen LogP contribution in [0.5, 0.6) is 5.75 Å². The Morgan fingerprint density at radius 3 is 2.49 bits per heavy atom. The van der Waals surface area contributed by atoms with E-state index in [1.165, 1.54) is 24.3 Å². The second kappa shape index (κ2) is 13.6. The zero-order valence-electron chi connectivity index (χ0n) is 22.4. The summed E-state index contributed by atoms with van der Waals surface area (Å²) in [5, 5.41) is 14.9. The molecule has 3 amide bonds. The zero-order valence-corrected chi connectivity index (χ0v) is 22.4. The van der Waals surface area contributed by atoms with Crippen LogP contribution in [0, 0.1) is 5.82 Å². The molecule has 4 N–H and O–H groups in total. The van der Waals surface area contributed by atoms with Gasteiger partial charge in [0.05, 0.1) is 19.4 Å². The number of carbonyl (C=O) groups is 2. The fourth-order valence-corrected chi connectivity index (χ4v) is 4.35. The molecule has 0 aliphatic carbocycles. The van der Waals surface area contributed by atoms with Gasteiger partial charge >= 0.3 is 6.03 Å². The van der Waals surface area contributed by atoms with Crippen molar-refractivity contribution in [1.29, 1.82) is 0 Å². The highest BCUT2D eigenvalue weighted by atomic mass is 19.1. The first kappa shape index (κ1) is 27.8. The standard InChI is InChI=1S/C30H31FN6O4/c31-24-6-8-25(9-7-24)34-30(39)32-20-21-1-3-22(4-2-21)26-19-23(29(38)35-28-11-12-33-36-28)5-10-27(26)41-18-15-37-13-16-40-17-14-37/h1-12,19H,13-18,20H2,(H2,32,34,39)(H2,33,35,36,38). The van der Waals surface area contributed by atoms with E-state index >= 15 is 0 Å². The number of hydrogen-bond donors (Lipinski definition) is 4. The number of carbonyl (C=O) groups excluding carboxylic acids is 2. The van der Waals surface area contributed by atoms with Crippen molar-refractivity contribution < 1.29 is 23.5 Å². The smallest absolute Gasteiger partial charge is 0.319 e. The minimum Gasteiger partial charge on any atom is -0.492 e. The lowest BCUT2D eigenvalue weighted by Crippen LogP contribution is -2.38. The molecule has 0 bridgehead atoms. The van der Waals surface area contributed by atoms with E-state index in [2.05, 4.69) is 31.0 Å². The van der Waals surface area contributed by atoms with Crippen LogP contribution in [0.15, 0.2) is 79.0 Å². The van der Waals surface area contributed by atoms with Gasteiger partial charge in [0.1, 0.15) is 24.0 Å². The molecule has 1 aromatic heterocycles. The van der Waals surface area contributed by atoms with Crippen molar-refractivity contribution in [3.63, 3.8) is 0 Å². The molecule has 41 heavy (non-hydrogen) atoms. The minimum absolute atomic E-state index is 0.275. The van der Waals surface area contributed by atoms with Gasteiger partial charge in [-0.1, -0.05) is 24.3 Å². The molecule has 1 fully saturated rings. The maximum absolute atomic E-state index is 13.1. The summed E-state index contributed by atoms with van der Waals surface area (Å²) >= 11 is 0. The number of hydrogen-bond acceptors (Lipinski definition) is 6. The quantitative estimate of drug-likeness (QED) is 0.228. The Morgan fingerprint density at radius 1 is 0.976 bits per heavy atom. The van der Waals surface area contributed by atoms with Crippen LogP contribution >= 0.6 is 0 Å². The van der Waals surface area contributed by atoms with Crippen molar-refractivity contribution in [2.24, 2.45) is 0 Å². The first-order chi connectivity index (χ1) is 20.0. The highest BCUT2D eigenvalue weighted by Crippen LogP contribution is 2.32. The van der Waals surface area contributed by atoms with Crippen LogP contribution in [0.3, 0.4) is 0 Å². The second-order valence-electron chi connectivity index (χ2n) is 9.45. The number of amides is 3. The molecule has 10 nitrogen and oxygen atoms in total. The summed E-state index contributed by atoms with van der Waals surface area (Å²) in [7, 11) is 0. The molecule has 4 aromatic rings. The number of nitrogens with one attached hydrogen (secondary N) is 4. The van der Waals surface area contributed by atoms with E-state index in [1.807, 2.05) is 30.3 Å². The molecule has 11 heteroatoms. The van der Waals surface area contributed by atoms with Gasteiger partial charge < -0.3 is 25.4 Å². The maximum Gasteiger partial charge on any atom is 0.319 e. The van der Waals surface area contributed by atoms with Gasteiger partial charge in [-0.2, -0.15) is 5.10 Å². The fraction of sp³-hybridized carbons (Fsp3) is 0.233. The highest BCUT2D eigenvalue weighted by molar-refractivity contribution is 6.04. The highest BCUT2D eigenvalue weighted by Gasteiger charge is 2.15. The van der Waals surface area contributed by atoms with Crippen LogP contribution in [0.25, 0.3) is 11.1 Å². The van der Waals surface area contributed by atoms with Crippen LogP contribution in [-0.4, -0.2) is 66.5 Å². The lowest BCUT2D eigenvalue weighted by molar-refractivity contribution is 0.0323. The Morgan fingerprint density at radius 2 is 1.76 bits per heavy atom. The molecule has 1 aliphatic rings. The number of rotatable bonds is 10. The van der Waals surface area contributed by atoms with E-state index in [0.29, 0.717) is 36.0 Å². The van der Waals surface area contributed by atoms with Crippen molar-refractivity contribution in [1.82, 2.24) is 20.4 Å². The normalized spacial score (nSPS) is 13.4. The van der Waals surface area contributed by atoms with Gasteiger partial charge in [-0.3, -0.25) is 14.8 Å². The third kappa shape index (κ3) is 7.90. The molecule has 0 radical (unpaired) electrons. The molecule has 0 spiro atoms. The summed E-state index contributed by atoms with van der Waals surface area (Å²) in [5.41, 5.74) is 3.49. The Hall–Kier alpha value is -4.74. The number of morpholine rings is 1. The summed E-state index contributed by atoms with van der Waals surface area (Å²) in [6, 6.07) is 19.8. The van der Waals surface area contributed by atoms with Gasteiger partial charge in [-0.15, -0.1) is 0 Å². The van der Waals surface area contributed by atoms with Gasteiger partial charge in [0, 0.05) is 49.1 Å². The van der Waals surface area contributed by atoms with E-state index in [0.717, 1.165) is 49.5 Å². The third-order valence-corrected chi connectivity index (χ3v) is 6.58. The summed E-state index contributed by atoms with van der Waals surface area (Å²) < 4.78 is 24.7. The number of H-pyrrole nitrogens is 1. The molecule has 1 aliphatic heterocycles. The van der Waals surface area contributed by atoms with E-state index in [-0.39, 0.29) is 11.7 Å². The average molecular weight is 559 g/mol.